The Kier molecular flexibility index (Phi) is 1.85. The number of carbonyl (C=O) groups excluding carboxylic acids is 1. The van der Waals surface area contributed by atoms with Crippen LogP contribution in [0.15, 0.2) is 4.73 Å². The van der Waals surface area contributed by atoms with Gasteiger partial charge in [-0.25, -0.2) is 4.68 Å². The number of nitrogens with zero attached hydrogens (tertiary/aromatic N) is 3. The third-order valence-electron chi connectivity index (χ3n) is 1.05. The lowest BCUT2D eigenvalue weighted by Gasteiger charge is -1.89. The molecule has 0 unspecified atom stereocenters. The molecule has 0 radical (unpaired) electrons. The van der Waals surface area contributed by atoms with Crippen LogP contribution in [-0.4, -0.2) is 20.5 Å². The monoisotopic (exact) mass is 203 g/mol. The Balaban J connectivity index is 3.15. The Labute approximate surface area is 66.4 Å². The van der Waals surface area contributed by atoms with E-state index in [1.54, 1.807) is 7.05 Å². The lowest BCUT2D eigenvalue weighted by atomic mass is 10.4. The van der Waals surface area contributed by atoms with Gasteiger partial charge >= 0.3 is 0 Å². The fourth-order valence-corrected chi connectivity index (χ4v) is 1.07. The number of halogens is 1. The standard InChI is InChI=1S/C5H6BrN3O/c1-3(10)4-7-5(6)8-9(4)2/h1-2H3. The highest BCUT2D eigenvalue weighted by molar-refractivity contribution is 9.10. The highest BCUT2D eigenvalue weighted by atomic mass is 79.9. The maximum Gasteiger partial charge on any atom is 0.217 e. The number of aromatic nitrogens is 3. The number of Topliss-reactive ketones (excluding diaryl/α,β-unsaturated/α-hetero) is 1. The van der Waals surface area contributed by atoms with Gasteiger partial charge in [0.25, 0.3) is 0 Å². The van der Waals surface area contributed by atoms with E-state index in [0.717, 1.165) is 0 Å². The number of ketones is 1. The van der Waals surface area contributed by atoms with E-state index in [0.29, 0.717) is 10.6 Å². The number of hydrogen-bond acceptors (Lipinski definition) is 3. The third-order valence-corrected chi connectivity index (χ3v) is 1.39. The van der Waals surface area contributed by atoms with Crippen molar-refractivity contribution in [3.63, 3.8) is 0 Å². The molecule has 1 aromatic heterocycles. The summed E-state index contributed by atoms with van der Waals surface area (Å²) in [4.78, 5) is 14.6. The fraction of sp³-hybridized carbons (Fsp3) is 0.400. The average Bonchev–Trinajstić information content (AvgIpc) is 2.10. The molecule has 0 saturated heterocycles. The molecule has 10 heavy (non-hydrogen) atoms. The molecule has 0 aromatic carbocycles. The van der Waals surface area contributed by atoms with Crippen LogP contribution in [0.1, 0.15) is 17.5 Å². The lowest BCUT2D eigenvalue weighted by molar-refractivity contribution is 0.0999. The average molecular weight is 204 g/mol. The summed E-state index contributed by atoms with van der Waals surface area (Å²) in [7, 11) is 1.68. The first-order valence-corrected chi connectivity index (χ1v) is 3.48. The molecular weight excluding hydrogens is 198 g/mol. The second-order valence-electron chi connectivity index (χ2n) is 1.88. The summed E-state index contributed by atoms with van der Waals surface area (Å²) in [5, 5.41) is 3.83. The summed E-state index contributed by atoms with van der Waals surface area (Å²) in [5.74, 6) is 0.285. The molecule has 54 valence electrons. The molecule has 0 aliphatic rings. The molecule has 1 aromatic rings. The number of aryl methyl sites for hydroxylation is 1. The largest absolute Gasteiger partial charge is 0.291 e. The molecule has 0 bridgehead atoms. The van der Waals surface area contributed by atoms with E-state index in [-0.39, 0.29) is 5.78 Å². The van der Waals surface area contributed by atoms with Gasteiger partial charge in [-0.05, 0) is 15.9 Å². The quantitative estimate of drug-likeness (QED) is 0.635. The molecule has 5 heteroatoms. The maximum absolute atomic E-state index is 10.7. The summed E-state index contributed by atoms with van der Waals surface area (Å²) in [5.41, 5.74) is 0. The minimum Gasteiger partial charge on any atom is -0.291 e. The topological polar surface area (TPSA) is 47.8 Å². The highest BCUT2D eigenvalue weighted by Crippen LogP contribution is 2.03. The highest BCUT2D eigenvalue weighted by Gasteiger charge is 2.07. The summed E-state index contributed by atoms with van der Waals surface area (Å²) < 4.78 is 1.88. The molecule has 0 N–H and O–H groups in total. The second kappa shape index (κ2) is 2.49. The molecule has 0 spiro atoms. The van der Waals surface area contributed by atoms with Gasteiger partial charge in [0.2, 0.25) is 4.73 Å². The second-order valence-corrected chi connectivity index (χ2v) is 2.59. The van der Waals surface area contributed by atoms with Crippen molar-refractivity contribution in [3.8, 4) is 0 Å². The summed E-state index contributed by atoms with van der Waals surface area (Å²) >= 11 is 3.06. The van der Waals surface area contributed by atoms with Gasteiger partial charge in [0.15, 0.2) is 11.6 Å². The SMILES string of the molecule is CC(=O)c1nc(Br)nn1C. The van der Waals surface area contributed by atoms with Crippen molar-refractivity contribution in [1.82, 2.24) is 14.8 Å². The van der Waals surface area contributed by atoms with Crippen molar-refractivity contribution in [1.29, 1.82) is 0 Å². The minimum atomic E-state index is -0.0827. The van der Waals surface area contributed by atoms with Crippen molar-refractivity contribution < 1.29 is 4.79 Å². The van der Waals surface area contributed by atoms with Gasteiger partial charge in [-0.2, -0.15) is 4.98 Å². The van der Waals surface area contributed by atoms with Gasteiger partial charge in [-0.15, -0.1) is 5.10 Å². The predicted octanol–water partition coefficient (Wildman–Crippen LogP) is 0.780. The molecule has 1 rings (SSSR count). The molecule has 4 nitrogen and oxygen atoms in total. The van der Waals surface area contributed by atoms with Crippen LogP contribution in [0, 0.1) is 0 Å². The van der Waals surface area contributed by atoms with Crippen LogP contribution in [0.25, 0.3) is 0 Å². The molecular formula is C5H6BrN3O. The predicted molar refractivity (Wildman–Crippen MR) is 38.7 cm³/mol. The molecule has 1 heterocycles. The number of carbonyl (C=O) groups is 1. The van der Waals surface area contributed by atoms with Gasteiger partial charge in [0.05, 0.1) is 0 Å². The molecule has 0 saturated carbocycles. The van der Waals surface area contributed by atoms with Gasteiger partial charge in [-0.1, -0.05) is 0 Å². The lowest BCUT2D eigenvalue weighted by Crippen LogP contribution is -2.03. The number of hydrogen-bond donors (Lipinski definition) is 0. The van der Waals surface area contributed by atoms with Crippen LogP contribution < -0.4 is 0 Å². The smallest absolute Gasteiger partial charge is 0.217 e. The van der Waals surface area contributed by atoms with E-state index >= 15 is 0 Å². The molecule has 0 aliphatic carbocycles. The van der Waals surface area contributed by atoms with Crippen LogP contribution in [0.5, 0.6) is 0 Å². The Morgan fingerprint density at radius 1 is 1.70 bits per heavy atom. The molecule has 0 atom stereocenters. The van der Waals surface area contributed by atoms with Gasteiger partial charge in [-0.3, -0.25) is 4.79 Å². The fourth-order valence-electron chi connectivity index (χ4n) is 0.660. The van der Waals surface area contributed by atoms with Gasteiger partial charge in [0, 0.05) is 14.0 Å². The molecule has 0 amide bonds. The number of rotatable bonds is 1. The van der Waals surface area contributed by atoms with Crippen molar-refractivity contribution in [2.24, 2.45) is 7.05 Å². The van der Waals surface area contributed by atoms with Gasteiger partial charge in [0.1, 0.15) is 0 Å². The molecule has 0 aliphatic heterocycles. The first-order valence-electron chi connectivity index (χ1n) is 2.68. The summed E-state index contributed by atoms with van der Waals surface area (Å²) in [6, 6.07) is 0. The molecule has 0 fully saturated rings. The van der Waals surface area contributed by atoms with E-state index < -0.39 is 0 Å². The van der Waals surface area contributed by atoms with Crippen LogP contribution in [-0.2, 0) is 7.05 Å². The van der Waals surface area contributed by atoms with E-state index in [1.807, 2.05) is 0 Å². The van der Waals surface area contributed by atoms with Crippen LogP contribution in [0.4, 0.5) is 0 Å². The summed E-state index contributed by atoms with van der Waals surface area (Å²) in [6.07, 6.45) is 0. The normalized spacial score (nSPS) is 9.90. The summed E-state index contributed by atoms with van der Waals surface area (Å²) in [6.45, 7) is 1.45. The Bertz CT molecular complexity index is 268. The third kappa shape index (κ3) is 1.23. The Hall–Kier alpha value is -0.710. The zero-order valence-electron chi connectivity index (χ0n) is 5.63. The van der Waals surface area contributed by atoms with Crippen LogP contribution in [0.3, 0.4) is 0 Å². The zero-order valence-corrected chi connectivity index (χ0v) is 7.21. The minimum absolute atomic E-state index is 0.0827. The van der Waals surface area contributed by atoms with Crippen molar-refractivity contribution in [2.45, 2.75) is 6.92 Å². The first-order chi connectivity index (χ1) is 4.61. The maximum atomic E-state index is 10.7. The van der Waals surface area contributed by atoms with E-state index in [2.05, 4.69) is 26.0 Å². The first kappa shape index (κ1) is 7.40. The van der Waals surface area contributed by atoms with E-state index in [9.17, 15) is 4.79 Å². The van der Waals surface area contributed by atoms with E-state index in [1.165, 1.54) is 11.6 Å². The van der Waals surface area contributed by atoms with E-state index in [4.69, 9.17) is 0 Å². The van der Waals surface area contributed by atoms with Crippen molar-refractivity contribution in [3.05, 3.63) is 10.6 Å². The Morgan fingerprint density at radius 2 is 2.30 bits per heavy atom. The van der Waals surface area contributed by atoms with Crippen LogP contribution in [0.2, 0.25) is 0 Å². The van der Waals surface area contributed by atoms with Crippen molar-refractivity contribution >= 4 is 21.7 Å². The zero-order chi connectivity index (χ0) is 7.72. The van der Waals surface area contributed by atoms with Gasteiger partial charge < -0.3 is 0 Å². The Morgan fingerprint density at radius 3 is 2.50 bits per heavy atom. The van der Waals surface area contributed by atoms with Crippen molar-refractivity contribution in [2.75, 3.05) is 0 Å². The van der Waals surface area contributed by atoms with Crippen LogP contribution >= 0.6 is 15.9 Å².